The van der Waals surface area contributed by atoms with Crippen molar-refractivity contribution >= 4 is 23.4 Å². The lowest BCUT2D eigenvalue weighted by Gasteiger charge is -2.18. The Labute approximate surface area is 128 Å². The standard InChI is InChI=1S/C14H19N5OS/c1-9-8-10(2)19-13(15-9)16-14(17-19)21-11(3)12(20)18-6-4-5-7-18/h8,11H,4-7H2,1-3H3/t11-/m1/s1. The predicted molar refractivity (Wildman–Crippen MR) is 81.4 cm³/mol. The Morgan fingerprint density at radius 1 is 1.29 bits per heavy atom. The van der Waals surface area contributed by atoms with Crippen molar-refractivity contribution < 1.29 is 4.79 Å². The first-order chi connectivity index (χ1) is 10.0. The SMILES string of the molecule is Cc1cc(C)n2nc(S[C@H](C)C(=O)N3CCCC3)nc2n1. The van der Waals surface area contributed by atoms with Gasteiger partial charge in [0.15, 0.2) is 0 Å². The van der Waals surface area contributed by atoms with Crippen LogP contribution in [0.4, 0.5) is 0 Å². The highest BCUT2D eigenvalue weighted by molar-refractivity contribution is 8.00. The van der Waals surface area contributed by atoms with Gasteiger partial charge in [0.1, 0.15) is 0 Å². The van der Waals surface area contributed by atoms with Gasteiger partial charge in [0.25, 0.3) is 5.78 Å². The van der Waals surface area contributed by atoms with E-state index in [0.717, 1.165) is 37.3 Å². The number of fused-ring (bicyclic) bond motifs is 1. The van der Waals surface area contributed by atoms with E-state index in [4.69, 9.17) is 0 Å². The number of nitrogens with zero attached hydrogens (tertiary/aromatic N) is 5. The van der Waals surface area contributed by atoms with Gasteiger partial charge in [-0.3, -0.25) is 4.79 Å². The highest BCUT2D eigenvalue weighted by atomic mass is 32.2. The molecule has 0 N–H and O–H groups in total. The van der Waals surface area contributed by atoms with Crippen molar-refractivity contribution in [1.29, 1.82) is 0 Å². The van der Waals surface area contributed by atoms with E-state index < -0.39 is 0 Å². The first-order valence-corrected chi connectivity index (χ1v) is 8.09. The maximum absolute atomic E-state index is 12.3. The van der Waals surface area contributed by atoms with Crippen molar-refractivity contribution in [3.8, 4) is 0 Å². The molecule has 0 spiro atoms. The molecule has 0 aliphatic carbocycles. The van der Waals surface area contributed by atoms with Gasteiger partial charge in [0, 0.05) is 24.5 Å². The molecule has 0 unspecified atom stereocenters. The lowest BCUT2D eigenvalue weighted by Crippen LogP contribution is -2.34. The fourth-order valence-corrected chi connectivity index (χ4v) is 3.43. The van der Waals surface area contributed by atoms with E-state index in [1.807, 2.05) is 31.7 Å². The molecule has 1 amide bonds. The first kappa shape index (κ1) is 14.3. The highest BCUT2D eigenvalue weighted by Gasteiger charge is 2.25. The van der Waals surface area contributed by atoms with Gasteiger partial charge in [0.05, 0.1) is 5.25 Å². The number of aryl methyl sites for hydroxylation is 2. The molecule has 1 aliphatic heterocycles. The molecule has 0 saturated carbocycles. The zero-order chi connectivity index (χ0) is 15.0. The van der Waals surface area contributed by atoms with Gasteiger partial charge in [-0.2, -0.15) is 4.98 Å². The molecular formula is C14H19N5OS. The summed E-state index contributed by atoms with van der Waals surface area (Å²) in [6.07, 6.45) is 2.22. The molecule has 2 aromatic rings. The molecular weight excluding hydrogens is 286 g/mol. The molecule has 2 aromatic heterocycles. The van der Waals surface area contributed by atoms with Crippen LogP contribution in [0.2, 0.25) is 0 Å². The van der Waals surface area contributed by atoms with Gasteiger partial charge in [-0.1, -0.05) is 11.8 Å². The quantitative estimate of drug-likeness (QED) is 0.810. The Bertz CT molecular complexity index is 677. The van der Waals surface area contributed by atoms with Gasteiger partial charge in [-0.05, 0) is 39.7 Å². The summed E-state index contributed by atoms with van der Waals surface area (Å²) in [5.41, 5.74) is 1.92. The van der Waals surface area contributed by atoms with E-state index in [1.54, 1.807) is 4.52 Å². The summed E-state index contributed by atoms with van der Waals surface area (Å²) in [6, 6.07) is 1.97. The second-order valence-electron chi connectivity index (χ2n) is 5.44. The Morgan fingerprint density at radius 3 is 2.71 bits per heavy atom. The second kappa shape index (κ2) is 5.63. The van der Waals surface area contributed by atoms with Crippen LogP contribution in [-0.4, -0.2) is 48.7 Å². The second-order valence-corrected chi connectivity index (χ2v) is 6.75. The van der Waals surface area contributed by atoms with Crippen LogP contribution in [0, 0.1) is 13.8 Å². The number of rotatable bonds is 3. The maximum atomic E-state index is 12.3. The van der Waals surface area contributed by atoms with Crippen LogP contribution in [0.3, 0.4) is 0 Å². The zero-order valence-corrected chi connectivity index (χ0v) is 13.4. The summed E-state index contributed by atoms with van der Waals surface area (Å²) in [5, 5.41) is 4.88. The van der Waals surface area contributed by atoms with Crippen molar-refractivity contribution in [2.45, 2.75) is 44.0 Å². The molecule has 1 atom stereocenters. The van der Waals surface area contributed by atoms with E-state index in [-0.39, 0.29) is 11.2 Å². The average molecular weight is 305 g/mol. The molecule has 7 heteroatoms. The predicted octanol–water partition coefficient (Wildman–Crippen LogP) is 1.84. The lowest BCUT2D eigenvalue weighted by molar-refractivity contribution is -0.129. The van der Waals surface area contributed by atoms with E-state index in [0.29, 0.717) is 10.9 Å². The molecule has 0 radical (unpaired) electrons. The largest absolute Gasteiger partial charge is 0.342 e. The molecule has 0 bridgehead atoms. The minimum atomic E-state index is -0.165. The molecule has 1 aliphatic rings. The van der Waals surface area contributed by atoms with E-state index in [1.165, 1.54) is 11.8 Å². The van der Waals surface area contributed by atoms with Gasteiger partial charge in [0.2, 0.25) is 11.1 Å². The minimum Gasteiger partial charge on any atom is -0.342 e. The summed E-state index contributed by atoms with van der Waals surface area (Å²) in [7, 11) is 0. The molecule has 112 valence electrons. The summed E-state index contributed by atoms with van der Waals surface area (Å²) >= 11 is 1.40. The molecule has 3 heterocycles. The normalized spacial score (nSPS) is 16.6. The van der Waals surface area contributed by atoms with Crippen molar-refractivity contribution in [1.82, 2.24) is 24.5 Å². The van der Waals surface area contributed by atoms with Gasteiger partial charge in [-0.15, -0.1) is 5.10 Å². The third kappa shape index (κ3) is 2.88. The van der Waals surface area contributed by atoms with Crippen molar-refractivity contribution in [2.24, 2.45) is 0 Å². The molecule has 1 fully saturated rings. The van der Waals surface area contributed by atoms with Gasteiger partial charge >= 0.3 is 0 Å². The number of likely N-dealkylation sites (tertiary alicyclic amines) is 1. The Balaban J connectivity index is 1.78. The van der Waals surface area contributed by atoms with Gasteiger partial charge < -0.3 is 4.90 Å². The number of hydrogen-bond acceptors (Lipinski definition) is 5. The zero-order valence-electron chi connectivity index (χ0n) is 12.5. The average Bonchev–Trinajstić information content (AvgIpc) is 3.06. The number of carbonyl (C=O) groups is 1. The van der Waals surface area contributed by atoms with Crippen LogP contribution >= 0.6 is 11.8 Å². The Hall–Kier alpha value is -1.63. The van der Waals surface area contributed by atoms with Crippen LogP contribution in [-0.2, 0) is 4.79 Å². The Morgan fingerprint density at radius 2 is 2.00 bits per heavy atom. The molecule has 6 nitrogen and oxygen atoms in total. The number of thioether (sulfide) groups is 1. The van der Waals surface area contributed by atoms with Crippen LogP contribution in [0.25, 0.3) is 5.78 Å². The topological polar surface area (TPSA) is 63.4 Å². The summed E-state index contributed by atoms with van der Waals surface area (Å²) < 4.78 is 1.72. The van der Waals surface area contributed by atoms with E-state index in [9.17, 15) is 4.79 Å². The van der Waals surface area contributed by atoms with Crippen LogP contribution < -0.4 is 0 Å². The van der Waals surface area contributed by atoms with E-state index in [2.05, 4.69) is 15.1 Å². The van der Waals surface area contributed by atoms with Crippen molar-refractivity contribution in [3.63, 3.8) is 0 Å². The van der Waals surface area contributed by atoms with Gasteiger partial charge in [-0.25, -0.2) is 9.50 Å². The lowest BCUT2D eigenvalue weighted by atomic mass is 10.4. The van der Waals surface area contributed by atoms with Crippen LogP contribution in [0.1, 0.15) is 31.2 Å². The van der Waals surface area contributed by atoms with E-state index >= 15 is 0 Å². The number of carbonyl (C=O) groups excluding carboxylic acids is 1. The van der Waals surface area contributed by atoms with Crippen LogP contribution in [0.15, 0.2) is 11.2 Å². The monoisotopic (exact) mass is 305 g/mol. The number of hydrogen-bond donors (Lipinski definition) is 0. The Kier molecular flexibility index (Phi) is 3.84. The first-order valence-electron chi connectivity index (χ1n) is 7.21. The third-order valence-corrected chi connectivity index (χ3v) is 4.59. The molecule has 3 rings (SSSR count). The molecule has 1 saturated heterocycles. The summed E-state index contributed by atoms with van der Waals surface area (Å²) in [5.74, 6) is 0.771. The third-order valence-electron chi connectivity index (χ3n) is 3.65. The number of aromatic nitrogens is 4. The molecule has 21 heavy (non-hydrogen) atoms. The smallest absolute Gasteiger partial charge is 0.253 e. The number of amides is 1. The minimum absolute atomic E-state index is 0.165. The van der Waals surface area contributed by atoms with Crippen molar-refractivity contribution in [2.75, 3.05) is 13.1 Å². The van der Waals surface area contributed by atoms with Crippen molar-refractivity contribution in [3.05, 3.63) is 17.5 Å². The van der Waals surface area contributed by atoms with Crippen LogP contribution in [0.5, 0.6) is 0 Å². The summed E-state index contributed by atoms with van der Waals surface area (Å²) in [6.45, 7) is 7.59. The fourth-order valence-electron chi connectivity index (χ4n) is 2.60. The summed E-state index contributed by atoms with van der Waals surface area (Å²) in [4.78, 5) is 23.0. The maximum Gasteiger partial charge on any atom is 0.253 e. The fraction of sp³-hybridized carbons (Fsp3) is 0.571. The highest BCUT2D eigenvalue weighted by Crippen LogP contribution is 2.23. The molecule has 0 aromatic carbocycles.